The third-order valence-electron chi connectivity index (χ3n) is 2.49. The molecule has 2 nitrogen and oxygen atoms in total. The van der Waals surface area contributed by atoms with Crippen LogP contribution in [0.15, 0.2) is 46.9 Å². The summed E-state index contributed by atoms with van der Waals surface area (Å²) in [6, 6.07) is 12.2. The van der Waals surface area contributed by atoms with E-state index in [9.17, 15) is 4.79 Å². The molecule has 0 aliphatic heterocycles. The van der Waals surface area contributed by atoms with E-state index >= 15 is 0 Å². The summed E-state index contributed by atoms with van der Waals surface area (Å²) in [5, 5.41) is 0.537. The Balaban J connectivity index is 2.48. The minimum absolute atomic E-state index is 0.115. The maximum Gasteiger partial charge on any atom is 0.196 e. The van der Waals surface area contributed by atoms with Crippen molar-refractivity contribution in [3.8, 4) is 5.75 Å². The zero-order chi connectivity index (χ0) is 13.1. The van der Waals surface area contributed by atoms with Crippen LogP contribution in [0.4, 0.5) is 0 Å². The van der Waals surface area contributed by atoms with E-state index in [1.165, 1.54) is 7.11 Å². The molecule has 2 rings (SSSR count). The molecule has 0 aromatic heterocycles. The molecular weight excluding hydrogens is 316 g/mol. The van der Waals surface area contributed by atoms with Gasteiger partial charge in [-0.2, -0.15) is 0 Å². The highest BCUT2D eigenvalue weighted by Gasteiger charge is 2.15. The van der Waals surface area contributed by atoms with Gasteiger partial charge in [0.2, 0.25) is 0 Å². The monoisotopic (exact) mass is 324 g/mol. The lowest BCUT2D eigenvalue weighted by molar-refractivity contribution is 0.103. The summed E-state index contributed by atoms with van der Waals surface area (Å²) in [7, 11) is 1.54. The van der Waals surface area contributed by atoms with Crippen molar-refractivity contribution in [3.05, 3.63) is 63.1 Å². The molecule has 92 valence electrons. The molecule has 18 heavy (non-hydrogen) atoms. The third-order valence-corrected chi connectivity index (χ3v) is 3.22. The lowest BCUT2D eigenvalue weighted by Gasteiger charge is -2.08. The normalized spacial score (nSPS) is 10.2. The number of methoxy groups -OCH3 is 1. The fourth-order valence-corrected chi connectivity index (χ4v) is 2.19. The van der Waals surface area contributed by atoms with Crippen LogP contribution >= 0.6 is 27.5 Å². The largest absolute Gasteiger partial charge is 0.496 e. The van der Waals surface area contributed by atoms with Crippen molar-refractivity contribution in [2.75, 3.05) is 7.11 Å². The summed E-state index contributed by atoms with van der Waals surface area (Å²) >= 11 is 9.24. The van der Waals surface area contributed by atoms with Gasteiger partial charge in [0.05, 0.1) is 12.7 Å². The van der Waals surface area contributed by atoms with E-state index in [1.807, 2.05) is 6.07 Å². The Labute approximate surface area is 119 Å². The standard InChI is InChI=1S/C14H10BrClO2/c1-18-13-6-5-10(15)8-12(13)14(17)9-3-2-4-11(16)7-9/h2-8H,1H3. The van der Waals surface area contributed by atoms with Crippen molar-refractivity contribution in [2.45, 2.75) is 0 Å². The third kappa shape index (κ3) is 2.74. The highest BCUT2D eigenvalue weighted by molar-refractivity contribution is 9.10. The molecule has 0 saturated heterocycles. The van der Waals surface area contributed by atoms with Gasteiger partial charge in [0.25, 0.3) is 0 Å². The molecule has 0 atom stereocenters. The Hall–Kier alpha value is -1.32. The van der Waals surface area contributed by atoms with Crippen LogP contribution in [0, 0.1) is 0 Å². The number of carbonyl (C=O) groups excluding carboxylic acids is 1. The molecule has 0 unspecified atom stereocenters. The summed E-state index contributed by atoms with van der Waals surface area (Å²) < 4.78 is 6.03. The lowest BCUT2D eigenvalue weighted by atomic mass is 10.0. The molecule has 0 saturated carbocycles. The SMILES string of the molecule is COc1ccc(Br)cc1C(=O)c1cccc(Cl)c1. The Kier molecular flexibility index (Phi) is 4.04. The van der Waals surface area contributed by atoms with Crippen LogP contribution in [-0.2, 0) is 0 Å². The van der Waals surface area contributed by atoms with E-state index in [2.05, 4.69) is 15.9 Å². The first-order valence-electron chi connectivity index (χ1n) is 5.25. The second-order valence-electron chi connectivity index (χ2n) is 3.68. The van der Waals surface area contributed by atoms with Crippen molar-refractivity contribution in [3.63, 3.8) is 0 Å². The average Bonchev–Trinajstić information content (AvgIpc) is 2.38. The first-order chi connectivity index (χ1) is 8.61. The minimum Gasteiger partial charge on any atom is -0.496 e. The topological polar surface area (TPSA) is 26.3 Å². The van der Waals surface area contributed by atoms with Gasteiger partial charge in [-0.05, 0) is 30.3 Å². The molecule has 0 bridgehead atoms. The lowest BCUT2D eigenvalue weighted by Crippen LogP contribution is -2.04. The number of carbonyl (C=O) groups is 1. The van der Waals surface area contributed by atoms with Gasteiger partial charge >= 0.3 is 0 Å². The van der Waals surface area contributed by atoms with E-state index in [0.29, 0.717) is 21.9 Å². The fourth-order valence-electron chi connectivity index (χ4n) is 1.64. The molecule has 0 radical (unpaired) electrons. The van der Waals surface area contributed by atoms with Crippen molar-refractivity contribution >= 4 is 33.3 Å². The van der Waals surface area contributed by atoms with Crippen LogP contribution in [0.2, 0.25) is 5.02 Å². The van der Waals surface area contributed by atoms with Crippen molar-refractivity contribution in [1.82, 2.24) is 0 Å². The minimum atomic E-state index is -0.115. The van der Waals surface area contributed by atoms with Crippen LogP contribution in [0.5, 0.6) is 5.75 Å². The highest BCUT2D eigenvalue weighted by Crippen LogP contribution is 2.26. The number of ether oxygens (including phenoxy) is 1. The van der Waals surface area contributed by atoms with Gasteiger partial charge < -0.3 is 4.74 Å². The zero-order valence-corrected chi connectivity index (χ0v) is 12.0. The maximum absolute atomic E-state index is 12.4. The van der Waals surface area contributed by atoms with Crippen LogP contribution in [-0.4, -0.2) is 12.9 Å². The van der Waals surface area contributed by atoms with Crippen LogP contribution in [0.3, 0.4) is 0 Å². The number of hydrogen-bond acceptors (Lipinski definition) is 2. The van der Waals surface area contributed by atoms with Gasteiger partial charge in [-0.3, -0.25) is 4.79 Å². The Morgan fingerprint density at radius 1 is 1.22 bits per heavy atom. The van der Waals surface area contributed by atoms with Gasteiger partial charge in [0, 0.05) is 15.1 Å². The molecular formula is C14H10BrClO2. The second kappa shape index (κ2) is 5.55. The van der Waals surface area contributed by atoms with Gasteiger partial charge in [0.1, 0.15) is 5.75 Å². The van der Waals surface area contributed by atoms with E-state index in [4.69, 9.17) is 16.3 Å². The number of halogens is 2. The van der Waals surface area contributed by atoms with E-state index in [-0.39, 0.29) is 5.78 Å². The van der Waals surface area contributed by atoms with Gasteiger partial charge in [-0.25, -0.2) is 0 Å². The smallest absolute Gasteiger partial charge is 0.196 e. The number of rotatable bonds is 3. The number of benzene rings is 2. The molecule has 0 heterocycles. The van der Waals surface area contributed by atoms with Gasteiger partial charge in [-0.15, -0.1) is 0 Å². The Morgan fingerprint density at radius 3 is 2.67 bits per heavy atom. The zero-order valence-electron chi connectivity index (χ0n) is 9.61. The van der Waals surface area contributed by atoms with E-state index in [0.717, 1.165) is 4.47 Å². The summed E-state index contributed by atoms with van der Waals surface area (Å²) in [6.45, 7) is 0. The van der Waals surface area contributed by atoms with Gasteiger partial charge in [-0.1, -0.05) is 39.7 Å². The van der Waals surface area contributed by atoms with E-state index < -0.39 is 0 Å². The van der Waals surface area contributed by atoms with Crippen molar-refractivity contribution in [1.29, 1.82) is 0 Å². The summed E-state index contributed by atoms with van der Waals surface area (Å²) in [5.74, 6) is 0.429. The van der Waals surface area contributed by atoms with E-state index in [1.54, 1.807) is 36.4 Å². The maximum atomic E-state index is 12.4. The molecule has 2 aromatic rings. The molecule has 4 heteroatoms. The van der Waals surface area contributed by atoms with Crippen LogP contribution in [0.1, 0.15) is 15.9 Å². The quantitative estimate of drug-likeness (QED) is 0.785. The summed E-state index contributed by atoms with van der Waals surface area (Å²) in [5.41, 5.74) is 1.05. The number of hydrogen-bond donors (Lipinski definition) is 0. The molecule has 0 N–H and O–H groups in total. The van der Waals surface area contributed by atoms with Crippen LogP contribution < -0.4 is 4.74 Å². The second-order valence-corrected chi connectivity index (χ2v) is 5.04. The van der Waals surface area contributed by atoms with Crippen molar-refractivity contribution < 1.29 is 9.53 Å². The molecule has 0 aliphatic carbocycles. The summed E-state index contributed by atoms with van der Waals surface area (Å²) in [6.07, 6.45) is 0. The first kappa shape index (κ1) is 13.1. The number of ketones is 1. The van der Waals surface area contributed by atoms with Gasteiger partial charge in [0.15, 0.2) is 5.78 Å². The predicted octanol–water partition coefficient (Wildman–Crippen LogP) is 4.34. The molecule has 2 aromatic carbocycles. The molecule has 0 fully saturated rings. The first-order valence-corrected chi connectivity index (χ1v) is 6.42. The summed E-state index contributed by atoms with van der Waals surface area (Å²) in [4.78, 5) is 12.4. The van der Waals surface area contributed by atoms with Crippen LogP contribution in [0.25, 0.3) is 0 Å². The molecule has 0 amide bonds. The fraction of sp³-hybridized carbons (Fsp3) is 0.0714. The Bertz CT molecular complexity index is 596. The molecule has 0 aliphatic rings. The average molecular weight is 326 g/mol. The highest BCUT2D eigenvalue weighted by atomic mass is 79.9. The van der Waals surface area contributed by atoms with Crippen molar-refractivity contribution in [2.24, 2.45) is 0 Å². The predicted molar refractivity (Wildman–Crippen MR) is 75.6 cm³/mol. The Morgan fingerprint density at radius 2 is 2.00 bits per heavy atom. The molecule has 0 spiro atoms.